The van der Waals surface area contributed by atoms with Gasteiger partial charge in [0.2, 0.25) is 0 Å². The highest BCUT2D eigenvalue weighted by atomic mass is 16.3. The molecule has 3 N–H and O–H groups in total. The standard InChI is InChI=1S/C15H23N3O2/c1-2-5-17-8-11(16)6-13(17)15(20)18-7-10-3-4-14(19)12(10)9-18/h6,8,10,12,14,19H,2-5,7,9,16H2,1H3. The van der Waals surface area contributed by atoms with Gasteiger partial charge in [-0.05, 0) is 31.2 Å². The number of amides is 1. The lowest BCUT2D eigenvalue weighted by Gasteiger charge is -2.19. The minimum Gasteiger partial charge on any atom is -0.397 e. The van der Waals surface area contributed by atoms with Crippen LogP contribution in [0.3, 0.4) is 0 Å². The Labute approximate surface area is 119 Å². The number of nitrogens with two attached hydrogens (primary N) is 1. The molecule has 110 valence electrons. The number of anilines is 1. The van der Waals surface area contributed by atoms with Crippen molar-refractivity contribution >= 4 is 11.6 Å². The summed E-state index contributed by atoms with van der Waals surface area (Å²) in [5, 5.41) is 9.95. The maximum absolute atomic E-state index is 12.7. The first kappa shape index (κ1) is 13.5. The first-order valence-electron chi connectivity index (χ1n) is 7.53. The minimum atomic E-state index is -0.231. The third-order valence-electron chi connectivity index (χ3n) is 4.71. The van der Waals surface area contributed by atoms with E-state index in [4.69, 9.17) is 5.73 Å². The van der Waals surface area contributed by atoms with Gasteiger partial charge in [-0.25, -0.2) is 0 Å². The van der Waals surface area contributed by atoms with Crippen LogP contribution in [0.2, 0.25) is 0 Å². The Hall–Kier alpha value is -1.49. The van der Waals surface area contributed by atoms with E-state index in [0.717, 1.165) is 32.4 Å². The average Bonchev–Trinajstić information content (AvgIpc) is 3.06. The summed E-state index contributed by atoms with van der Waals surface area (Å²) in [6.45, 7) is 4.35. The van der Waals surface area contributed by atoms with E-state index in [1.165, 1.54) is 0 Å². The van der Waals surface area contributed by atoms with Gasteiger partial charge in [0.1, 0.15) is 5.69 Å². The number of fused-ring (bicyclic) bond motifs is 1. The zero-order chi connectivity index (χ0) is 14.3. The van der Waals surface area contributed by atoms with Crippen molar-refractivity contribution in [3.05, 3.63) is 18.0 Å². The fraction of sp³-hybridized carbons (Fsp3) is 0.667. The van der Waals surface area contributed by atoms with Crippen molar-refractivity contribution in [1.82, 2.24) is 9.47 Å². The Morgan fingerprint density at radius 3 is 2.95 bits per heavy atom. The second-order valence-electron chi connectivity index (χ2n) is 6.13. The summed E-state index contributed by atoms with van der Waals surface area (Å²) in [5.41, 5.74) is 7.15. The van der Waals surface area contributed by atoms with E-state index in [1.54, 1.807) is 6.07 Å². The third-order valence-corrected chi connectivity index (χ3v) is 4.71. The van der Waals surface area contributed by atoms with Gasteiger partial charge in [-0.3, -0.25) is 4.79 Å². The van der Waals surface area contributed by atoms with Crippen molar-refractivity contribution < 1.29 is 9.90 Å². The summed E-state index contributed by atoms with van der Waals surface area (Å²) < 4.78 is 1.95. The Morgan fingerprint density at radius 1 is 1.45 bits per heavy atom. The van der Waals surface area contributed by atoms with Crippen LogP contribution in [0.4, 0.5) is 5.69 Å². The van der Waals surface area contributed by atoms with Gasteiger partial charge in [-0.1, -0.05) is 6.92 Å². The quantitative estimate of drug-likeness (QED) is 0.875. The lowest BCUT2D eigenvalue weighted by Crippen LogP contribution is -2.32. The van der Waals surface area contributed by atoms with E-state index >= 15 is 0 Å². The van der Waals surface area contributed by atoms with Crippen molar-refractivity contribution in [3.63, 3.8) is 0 Å². The maximum atomic E-state index is 12.7. The van der Waals surface area contributed by atoms with Gasteiger partial charge in [0, 0.05) is 31.7 Å². The van der Waals surface area contributed by atoms with Gasteiger partial charge < -0.3 is 20.3 Å². The number of aliphatic hydroxyl groups is 1. The summed E-state index contributed by atoms with van der Waals surface area (Å²) in [6.07, 6.45) is 4.50. The molecule has 2 fully saturated rings. The predicted molar refractivity (Wildman–Crippen MR) is 77.3 cm³/mol. The molecular weight excluding hydrogens is 254 g/mol. The second kappa shape index (κ2) is 5.13. The number of hydrogen-bond donors (Lipinski definition) is 2. The summed E-state index contributed by atoms with van der Waals surface area (Å²) in [7, 11) is 0. The number of aryl methyl sites for hydroxylation is 1. The van der Waals surface area contributed by atoms with Crippen LogP contribution in [-0.2, 0) is 6.54 Å². The molecule has 5 nitrogen and oxygen atoms in total. The van der Waals surface area contributed by atoms with Crippen LogP contribution in [0.15, 0.2) is 12.3 Å². The highest BCUT2D eigenvalue weighted by Crippen LogP contribution is 2.38. The van der Waals surface area contributed by atoms with Crippen LogP contribution in [0.1, 0.15) is 36.7 Å². The summed E-state index contributed by atoms with van der Waals surface area (Å²) in [6, 6.07) is 1.77. The zero-order valence-electron chi connectivity index (χ0n) is 12.0. The molecule has 1 amide bonds. The predicted octanol–water partition coefficient (Wildman–Crippen LogP) is 1.32. The van der Waals surface area contributed by atoms with Crippen LogP contribution in [0.5, 0.6) is 0 Å². The average molecular weight is 277 g/mol. The van der Waals surface area contributed by atoms with E-state index in [-0.39, 0.29) is 17.9 Å². The van der Waals surface area contributed by atoms with Crippen molar-refractivity contribution in [2.24, 2.45) is 11.8 Å². The smallest absolute Gasteiger partial charge is 0.270 e. The number of likely N-dealkylation sites (tertiary alicyclic amines) is 1. The fourth-order valence-electron chi connectivity index (χ4n) is 3.70. The molecule has 0 spiro atoms. The number of carbonyl (C=O) groups excluding carboxylic acids is 1. The molecular formula is C15H23N3O2. The molecule has 20 heavy (non-hydrogen) atoms. The first-order valence-corrected chi connectivity index (χ1v) is 7.53. The zero-order valence-corrected chi connectivity index (χ0v) is 12.0. The van der Waals surface area contributed by atoms with E-state index in [9.17, 15) is 9.90 Å². The van der Waals surface area contributed by atoms with E-state index < -0.39 is 0 Å². The molecule has 1 saturated heterocycles. The molecule has 1 aromatic rings. The lowest BCUT2D eigenvalue weighted by molar-refractivity contribution is 0.0742. The van der Waals surface area contributed by atoms with E-state index in [0.29, 0.717) is 23.8 Å². The monoisotopic (exact) mass is 277 g/mol. The number of nitrogen functional groups attached to an aromatic ring is 1. The second-order valence-corrected chi connectivity index (χ2v) is 6.13. The number of hydrogen-bond acceptors (Lipinski definition) is 3. The van der Waals surface area contributed by atoms with Crippen LogP contribution >= 0.6 is 0 Å². The molecule has 2 heterocycles. The van der Waals surface area contributed by atoms with Gasteiger partial charge in [0.15, 0.2) is 0 Å². The van der Waals surface area contributed by atoms with Crippen LogP contribution < -0.4 is 5.73 Å². The molecule has 5 heteroatoms. The fourth-order valence-corrected chi connectivity index (χ4v) is 3.70. The molecule has 2 aliphatic rings. The van der Waals surface area contributed by atoms with Crippen LogP contribution in [-0.4, -0.2) is 39.7 Å². The summed E-state index contributed by atoms with van der Waals surface area (Å²) >= 11 is 0. The van der Waals surface area contributed by atoms with Gasteiger partial charge >= 0.3 is 0 Å². The highest BCUT2D eigenvalue weighted by Gasteiger charge is 2.43. The largest absolute Gasteiger partial charge is 0.397 e. The Morgan fingerprint density at radius 2 is 2.25 bits per heavy atom. The van der Waals surface area contributed by atoms with Crippen LogP contribution in [0, 0.1) is 11.8 Å². The SMILES string of the molecule is CCCn1cc(N)cc1C(=O)N1CC2CCC(O)C2C1. The van der Waals surface area contributed by atoms with Crippen LogP contribution in [0.25, 0.3) is 0 Å². The molecule has 0 aromatic carbocycles. The lowest BCUT2D eigenvalue weighted by atomic mass is 10.00. The Bertz CT molecular complexity index is 511. The molecule has 3 unspecified atom stereocenters. The third kappa shape index (κ3) is 2.20. The minimum absolute atomic E-state index is 0.0525. The summed E-state index contributed by atoms with van der Waals surface area (Å²) in [5.74, 6) is 0.795. The normalized spacial score (nSPS) is 28.9. The molecule has 1 aliphatic heterocycles. The Balaban J connectivity index is 1.77. The molecule has 3 atom stereocenters. The van der Waals surface area contributed by atoms with Crippen molar-refractivity contribution in [3.8, 4) is 0 Å². The van der Waals surface area contributed by atoms with Crippen molar-refractivity contribution in [2.45, 2.75) is 38.8 Å². The van der Waals surface area contributed by atoms with Gasteiger partial charge in [-0.15, -0.1) is 0 Å². The Kier molecular flexibility index (Phi) is 3.46. The number of aromatic nitrogens is 1. The summed E-state index contributed by atoms with van der Waals surface area (Å²) in [4.78, 5) is 14.5. The number of rotatable bonds is 3. The molecule has 3 rings (SSSR count). The molecule has 1 aromatic heterocycles. The molecule has 1 aliphatic carbocycles. The number of carbonyl (C=O) groups is 1. The number of aliphatic hydroxyl groups excluding tert-OH is 1. The van der Waals surface area contributed by atoms with Crippen molar-refractivity contribution in [2.75, 3.05) is 18.8 Å². The molecule has 1 saturated carbocycles. The first-order chi connectivity index (χ1) is 9.60. The van der Waals surface area contributed by atoms with Gasteiger partial charge in [-0.2, -0.15) is 0 Å². The van der Waals surface area contributed by atoms with E-state index in [1.807, 2.05) is 15.7 Å². The molecule has 0 bridgehead atoms. The highest BCUT2D eigenvalue weighted by molar-refractivity contribution is 5.94. The van der Waals surface area contributed by atoms with E-state index in [2.05, 4.69) is 6.92 Å². The maximum Gasteiger partial charge on any atom is 0.270 e. The number of nitrogens with zero attached hydrogens (tertiary/aromatic N) is 2. The topological polar surface area (TPSA) is 71.5 Å². The molecule has 0 radical (unpaired) electrons. The van der Waals surface area contributed by atoms with Gasteiger partial charge in [0.05, 0.1) is 11.8 Å². The van der Waals surface area contributed by atoms with Crippen molar-refractivity contribution in [1.29, 1.82) is 0 Å². The van der Waals surface area contributed by atoms with Gasteiger partial charge in [0.25, 0.3) is 5.91 Å².